The first kappa shape index (κ1) is 22.8. The number of aliphatic imine (C=N–C) groups is 1. The average Bonchev–Trinajstić information content (AvgIpc) is 2.80. The number of nitrogens with zero attached hydrogens (tertiary/aromatic N) is 2. The highest BCUT2D eigenvalue weighted by Crippen LogP contribution is 2.30. The minimum Gasteiger partial charge on any atom is -0.497 e. The van der Waals surface area contributed by atoms with E-state index in [1.54, 1.807) is 21.3 Å². The fraction of sp³-hybridized carbons (Fsp3) is 0.280. The maximum absolute atomic E-state index is 9.83. The fourth-order valence-electron chi connectivity index (χ4n) is 2.96. The quantitative estimate of drug-likeness (QED) is 0.212. The van der Waals surface area contributed by atoms with Crippen LogP contribution in [0.15, 0.2) is 60.1 Å². The van der Waals surface area contributed by atoms with Crippen molar-refractivity contribution in [2.45, 2.75) is 19.3 Å². The molecule has 0 unspecified atom stereocenters. The Morgan fingerprint density at radius 3 is 2.50 bits per heavy atom. The number of unbranched alkanes of at least 4 members (excludes halogenated alkanes) is 2. The first-order valence-electron chi connectivity index (χ1n) is 9.80. The molecule has 0 heterocycles. The molecule has 0 N–H and O–H groups in total. The van der Waals surface area contributed by atoms with Gasteiger partial charge in [-0.2, -0.15) is 5.26 Å². The summed E-state index contributed by atoms with van der Waals surface area (Å²) in [7, 11) is 4.82. The van der Waals surface area contributed by atoms with Crippen molar-refractivity contribution >= 4 is 17.4 Å². The molecule has 0 bridgehead atoms. The molecule has 0 aliphatic carbocycles. The van der Waals surface area contributed by atoms with Crippen LogP contribution in [-0.2, 0) is 0 Å². The van der Waals surface area contributed by atoms with Gasteiger partial charge < -0.3 is 14.2 Å². The summed E-state index contributed by atoms with van der Waals surface area (Å²) in [5, 5.41) is 9.83. The summed E-state index contributed by atoms with van der Waals surface area (Å²) in [5.41, 5.74) is 2.85. The summed E-state index contributed by atoms with van der Waals surface area (Å²) in [6.45, 7) is 4.33. The van der Waals surface area contributed by atoms with Gasteiger partial charge >= 0.3 is 0 Å². The Bertz CT molecular complexity index is 955. The van der Waals surface area contributed by atoms with Crippen LogP contribution in [0.4, 0.5) is 0 Å². The molecule has 0 saturated carbocycles. The van der Waals surface area contributed by atoms with Crippen LogP contribution in [-0.4, -0.2) is 33.6 Å². The van der Waals surface area contributed by atoms with Crippen molar-refractivity contribution in [3.05, 3.63) is 66.2 Å². The van der Waals surface area contributed by atoms with Crippen molar-refractivity contribution < 1.29 is 14.2 Å². The van der Waals surface area contributed by atoms with Crippen LogP contribution in [0.5, 0.6) is 17.2 Å². The van der Waals surface area contributed by atoms with E-state index < -0.39 is 0 Å². The predicted molar refractivity (Wildman–Crippen MR) is 122 cm³/mol. The van der Waals surface area contributed by atoms with E-state index in [9.17, 15) is 5.26 Å². The Morgan fingerprint density at radius 1 is 1.03 bits per heavy atom. The second-order valence-electron chi connectivity index (χ2n) is 6.53. The summed E-state index contributed by atoms with van der Waals surface area (Å²) in [5.74, 6) is 1.99. The van der Waals surface area contributed by atoms with Crippen molar-refractivity contribution in [1.29, 1.82) is 5.26 Å². The molecule has 0 aliphatic heterocycles. The molecule has 0 atom stereocenters. The molecule has 0 saturated heterocycles. The average molecular weight is 405 g/mol. The van der Waals surface area contributed by atoms with Crippen LogP contribution in [0.1, 0.15) is 30.4 Å². The molecular weight excluding hydrogens is 376 g/mol. The van der Waals surface area contributed by atoms with Gasteiger partial charge in [-0.05, 0) is 60.7 Å². The molecule has 2 aromatic rings. The summed E-state index contributed by atoms with van der Waals surface area (Å²) in [6.07, 6.45) is 6.68. The molecule has 2 rings (SSSR count). The number of ether oxygens (including phenoxy) is 3. The maximum Gasteiger partial charge on any atom is 0.161 e. The number of benzene rings is 2. The van der Waals surface area contributed by atoms with Gasteiger partial charge in [-0.3, -0.25) is 4.99 Å². The summed E-state index contributed by atoms with van der Waals surface area (Å²) in [6, 6.07) is 15.5. The molecule has 5 nitrogen and oxygen atoms in total. The zero-order valence-electron chi connectivity index (χ0n) is 17.9. The molecule has 5 heteroatoms. The van der Waals surface area contributed by atoms with E-state index in [0.29, 0.717) is 29.5 Å². The highest BCUT2D eigenvalue weighted by atomic mass is 16.5. The monoisotopic (exact) mass is 404 g/mol. The van der Waals surface area contributed by atoms with E-state index in [-0.39, 0.29) is 0 Å². The van der Waals surface area contributed by atoms with Crippen molar-refractivity contribution in [2.75, 3.05) is 27.9 Å². The van der Waals surface area contributed by atoms with Crippen LogP contribution in [0.25, 0.3) is 11.6 Å². The molecule has 0 fully saturated rings. The smallest absolute Gasteiger partial charge is 0.161 e. The Morgan fingerprint density at radius 2 is 1.83 bits per heavy atom. The van der Waals surface area contributed by atoms with E-state index in [2.05, 4.69) is 17.6 Å². The first-order valence-corrected chi connectivity index (χ1v) is 9.80. The Hall–Kier alpha value is -3.52. The third-order valence-corrected chi connectivity index (χ3v) is 4.55. The lowest BCUT2D eigenvalue weighted by molar-refractivity contribution is 0.355. The number of rotatable bonds is 11. The van der Waals surface area contributed by atoms with Crippen LogP contribution >= 0.6 is 0 Å². The molecule has 0 amide bonds. The molecule has 0 aromatic heterocycles. The number of allylic oxidation sites excluding steroid dienone is 2. The molecule has 156 valence electrons. The molecule has 0 aliphatic rings. The zero-order valence-corrected chi connectivity index (χ0v) is 17.9. The molecular formula is C25H28N2O3. The minimum absolute atomic E-state index is 0.386. The zero-order chi connectivity index (χ0) is 21.8. The van der Waals surface area contributed by atoms with E-state index in [1.807, 2.05) is 54.6 Å². The molecule has 0 spiro atoms. The van der Waals surface area contributed by atoms with Gasteiger partial charge in [-0.15, -0.1) is 6.58 Å². The SMILES string of the molecule is C=CCCCC/N=C(C#N)\C(=C\c1ccc(OC)c(OC)c1)c1cccc(OC)c1. The number of nitriles is 1. The van der Waals surface area contributed by atoms with E-state index in [4.69, 9.17) is 14.2 Å². The Kier molecular flexibility index (Phi) is 9.20. The van der Waals surface area contributed by atoms with Gasteiger partial charge in [0.15, 0.2) is 11.5 Å². The standard InChI is InChI=1S/C25H28N2O3/c1-5-6-7-8-14-27-23(18-26)22(20-10-9-11-21(17-20)28-2)15-19-12-13-24(29-3)25(16-19)30-4/h5,9-13,15-17H,1,6-8,14H2,2-4H3/b22-15+,27-23-. The third-order valence-electron chi connectivity index (χ3n) is 4.55. The van der Waals surface area contributed by atoms with Crippen molar-refractivity contribution in [3.8, 4) is 23.3 Å². The highest BCUT2D eigenvalue weighted by Gasteiger charge is 2.12. The Balaban J connectivity index is 2.50. The second kappa shape index (κ2) is 12.1. The number of hydrogen-bond acceptors (Lipinski definition) is 5. The molecule has 0 radical (unpaired) electrons. The van der Waals surface area contributed by atoms with Crippen molar-refractivity contribution in [3.63, 3.8) is 0 Å². The van der Waals surface area contributed by atoms with Gasteiger partial charge in [0.1, 0.15) is 17.5 Å². The third kappa shape index (κ3) is 6.25. The van der Waals surface area contributed by atoms with Crippen LogP contribution < -0.4 is 14.2 Å². The lowest BCUT2D eigenvalue weighted by atomic mass is 9.98. The lowest BCUT2D eigenvalue weighted by Gasteiger charge is -2.11. The summed E-state index contributed by atoms with van der Waals surface area (Å²) < 4.78 is 16.1. The van der Waals surface area contributed by atoms with Gasteiger partial charge in [-0.1, -0.05) is 24.3 Å². The van der Waals surface area contributed by atoms with E-state index in [1.165, 1.54) is 0 Å². The van der Waals surface area contributed by atoms with Gasteiger partial charge in [0.2, 0.25) is 0 Å². The minimum atomic E-state index is 0.386. The molecule has 30 heavy (non-hydrogen) atoms. The van der Waals surface area contributed by atoms with Crippen LogP contribution in [0, 0.1) is 11.3 Å². The van der Waals surface area contributed by atoms with Gasteiger partial charge in [0.05, 0.1) is 21.3 Å². The molecule has 2 aromatic carbocycles. The van der Waals surface area contributed by atoms with Crippen LogP contribution in [0.3, 0.4) is 0 Å². The normalized spacial score (nSPS) is 11.5. The first-order chi connectivity index (χ1) is 14.7. The lowest BCUT2D eigenvalue weighted by Crippen LogP contribution is -2.02. The van der Waals surface area contributed by atoms with Crippen molar-refractivity contribution in [1.82, 2.24) is 0 Å². The largest absolute Gasteiger partial charge is 0.497 e. The number of hydrogen-bond donors (Lipinski definition) is 0. The van der Waals surface area contributed by atoms with E-state index >= 15 is 0 Å². The van der Waals surface area contributed by atoms with E-state index in [0.717, 1.165) is 36.0 Å². The topological polar surface area (TPSA) is 63.8 Å². The van der Waals surface area contributed by atoms with Gasteiger partial charge in [-0.25, -0.2) is 0 Å². The fourth-order valence-corrected chi connectivity index (χ4v) is 2.96. The van der Waals surface area contributed by atoms with Crippen LogP contribution in [0.2, 0.25) is 0 Å². The number of methoxy groups -OCH3 is 3. The van der Waals surface area contributed by atoms with Gasteiger partial charge in [0, 0.05) is 12.1 Å². The highest BCUT2D eigenvalue weighted by molar-refractivity contribution is 6.34. The second-order valence-corrected chi connectivity index (χ2v) is 6.53. The predicted octanol–water partition coefficient (Wildman–Crippen LogP) is 5.57. The summed E-state index contributed by atoms with van der Waals surface area (Å²) in [4.78, 5) is 4.57. The Labute approximate surface area is 178 Å². The van der Waals surface area contributed by atoms with Crippen molar-refractivity contribution in [2.24, 2.45) is 4.99 Å². The maximum atomic E-state index is 9.83. The summed E-state index contributed by atoms with van der Waals surface area (Å²) >= 11 is 0. The van der Waals surface area contributed by atoms with Gasteiger partial charge in [0.25, 0.3) is 0 Å².